The van der Waals surface area contributed by atoms with Crippen LogP contribution >= 0.6 is 11.8 Å². The second-order valence-electron chi connectivity index (χ2n) is 7.03. The normalized spacial score (nSPS) is 24.8. The number of likely N-dealkylation sites (tertiary alicyclic amines) is 1. The van der Waals surface area contributed by atoms with Crippen LogP contribution in [0.5, 0.6) is 0 Å². The number of aliphatic carboxylic acids is 2. The monoisotopic (exact) mass is 505 g/mol. The largest absolute Gasteiger partial charge is 0.490 e. The van der Waals surface area contributed by atoms with Gasteiger partial charge in [-0.05, 0) is 24.5 Å². The minimum atomic E-state index is -5.08. The molecule has 2 fully saturated rings. The van der Waals surface area contributed by atoms with Crippen LogP contribution in [-0.2, 0) is 19.2 Å². The molecule has 3 heterocycles. The van der Waals surface area contributed by atoms with E-state index in [1.54, 1.807) is 0 Å². The van der Waals surface area contributed by atoms with E-state index in [4.69, 9.17) is 15.6 Å². The lowest BCUT2D eigenvalue weighted by Gasteiger charge is -2.47. The van der Waals surface area contributed by atoms with Crippen LogP contribution in [0.2, 0.25) is 0 Å². The van der Waals surface area contributed by atoms with Crippen molar-refractivity contribution < 1.29 is 55.7 Å². The predicted octanol–water partition coefficient (Wildman–Crippen LogP) is 1.31. The van der Waals surface area contributed by atoms with Gasteiger partial charge in [-0.25, -0.2) is 9.59 Å². The highest BCUT2D eigenvalue weighted by atomic mass is 32.2. The molecule has 3 aliphatic heterocycles. The Morgan fingerprint density at radius 2 is 1.73 bits per heavy atom. The first-order valence-electron chi connectivity index (χ1n) is 9.08. The minimum absolute atomic E-state index is 0.00317. The predicted molar refractivity (Wildman–Crippen MR) is 99.4 cm³/mol. The Balaban J connectivity index is 0.000000479. The van der Waals surface area contributed by atoms with Crippen LogP contribution in [0.25, 0.3) is 0 Å². The van der Waals surface area contributed by atoms with Gasteiger partial charge in [-0.2, -0.15) is 26.3 Å². The SMILES string of the molecule is N[C@@H]1C(=O)N2C(C(=O)O)=C(/C=C3\CCCN(CC(F)(F)F)C3=O)CS[C@H]12.O=C(O)C(F)(F)F. The Labute approximate surface area is 185 Å². The molecule has 0 aromatic rings. The molecule has 3 rings (SSSR count). The van der Waals surface area contributed by atoms with Gasteiger partial charge in [0.15, 0.2) is 0 Å². The van der Waals surface area contributed by atoms with Crippen LogP contribution in [0.15, 0.2) is 22.9 Å². The molecule has 4 N–H and O–H groups in total. The van der Waals surface area contributed by atoms with Crippen molar-refractivity contribution in [2.24, 2.45) is 5.73 Å². The number of piperidine rings is 1. The second-order valence-corrected chi connectivity index (χ2v) is 8.14. The number of halogens is 6. The number of hydrogen-bond acceptors (Lipinski definition) is 6. The van der Waals surface area contributed by atoms with Crippen LogP contribution in [0.3, 0.4) is 0 Å². The average Bonchev–Trinajstić information content (AvgIpc) is 2.68. The summed E-state index contributed by atoms with van der Waals surface area (Å²) in [4.78, 5) is 46.5. The summed E-state index contributed by atoms with van der Waals surface area (Å²) in [6.45, 7) is -1.35. The van der Waals surface area contributed by atoms with Gasteiger partial charge in [0, 0.05) is 17.9 Å². The number of alkyl halides is 6. The molecule has 3 aliphatic rings. The molecule has 0 unspecified atom stereocenters. The molecule has 9 nitrogen and oxygen atoms in total. The van der Waals surface area contributed by atoms with Gasteiger partial charge in [-0.15, -0.1) is 11.8 Å². The fourth-order valence-electron chi connectivity index (χ4n) is 3.23. The number of nitrogens with zero attached hydrogens (tertiary/aromatic N) is 2. The molecule has 184 valence electrons. The van der Waals surface area contributed by atoms with Gasteiger partial charge in [0.1, 0.15) is 23.7 Å². The van der Waals surface area contributed by atoms with E-state index in [1.807, 2.05) is 0 Å². The number of hydrogen-bond donors (Lipinski definition) is 3. The van der Waals surface area contributed by atoms with Crippen LogP contribution in [0, 0.1) is 0 Å². The third kappa shape index (κ3) is 6.19. The summed E-state index contributed by atoms with van der Waals surface area (Å²) in [5, 5.41) is 16.1. The van der Waals surface area contributed by atoms with E-state index in [1.165, 1.54) is 17.8 Å². The van der Waals surface area contributed by atoms with Gasteiger partial charge < -0.3 is 20.8 Å². The lowest BCUT2D eigenvalue weighted by molar-refractivity contribution is -0.192. The van der Waals surface area contributed by atoms with Crippen molar-refractivity contribution in [3.63, 3.8) is 0 Å². The Bertz CT molecular complexity index is 916. The first-order chi connectivity index (χ1) is 15.0. The number of carbonyl (C=O) groups is 4. The molecule has 33 heavy (non-hydrogen) atoms. The van der Waals surface area contributed by atoms with Crippen LogP contribution in [-0.4, -0.2) is 86.4 Å². The van der Waals surface area contributed by atoms with Crippen molar-refractivity contribution in [2.75, 3.05) is 18.8 Å². The summed E-state index contributed by atoms with van der Waals surface area (Å²) in [5.74, 6) is -5.17. The zero-order chi connectivity index (χ0) is 25.3. The number of carboxylic acids is 2. The molecule has 0 spiro atoms. The van der Waals surface area contributed by atoms with E-state index in [2.05, 4.69) is 0 Å². The molecule has 0 aliphatic carbocycles. The summed E-state index contributed by atoms with van der Waals surface area (Å²) in [7, 11) is 0. The van der Waals surface area contributed by atoms with Gasteiger partial charge in [-0.1, -0.05) is 0 Å². The number of amides is 2. The fourth-order valence-corrected chi connectivity index (χ4v) is 4.49. The number of nitrogens with two attached hydrogens (primary N) is 1. The first kappa shape index (κ1) is 26.5. The fraction of sp³-hybridized carbons (Fsp3) is 0.529. The number of carboxylic acid groups (broad SMARTS) is 2. The minimum Gasteiger partial charge on any atom is -0.477 e. The van der Waals surface area contributed by atoms with E-state index in [-0.39, 0.29) is 35.6 Å². The van der Waals surface area contributed by atoms with Crippen molar-refractivity contribution >= 4 is 35.5 Å². The quantitative estimate of drug-likeness (QED) is 0.296. The van der Waals surface area contributed by atoms with E-state index in [0.29, 0.717) is 11.3 Å². The lowest BCUT2D eigenvalue weighted by Crippen LogP contribution is -2.68. The highest BCUT2D eigenvalue weighted by Crippen LogP contribution is 2.40. The molecule has 2 amide bonds. The van der Waals surface area contributed by atoms with E-state index < -0.39 is 54.1 Å². The molecule has 0 aromatic carbocycles. The molecular formula is C17H17F6N3O6S. The third-order valence-electron chi connectivity index (χ3n) is 4.64. The standard InChI is InChI=1S/C15H16F3N3O4S.C2HF3O2/c16-15(17,18)6-20-3-1-2-7(11(20)22)4-8-5-26-13-9(19)12(23)21(13)10(8)14(24)25;3-2(4,5)1(6)7/h4,9,13H,1-3,5-6,19H2,(H,24,25);(H,6,7)/b7-4+;/t9-,13-;/m1./s1. The van der Waals surface area contributed by atoms with Gasteiger partial charge in [-0.3, -0.25) is 14.5 Å². The maximum atomic E-state index is 12.6. The number of carbonyl (C=O) groups excluding carboxylic acids is 2. The van der Waals surface area contributed by atoms with Crippen LogP contribution < -0.4 is 5.73 Å². The number of rotatable bonds is 3. The Hall–Kier alpha value is -2.75. The molecule has 0 aromatic heterocycles. The van der Waals surface area contributed by atoms with Crippen LogP contribution in [0.4, 0.5) is 26.3 Å². The Kier molecular flexibility index (Phi) is 7.73. The highest BCUT2D eigenvalue weighted by Gasteiger charge is 2.51. The van der Waals surface area contributed by atoms with Crippen molar-refractivity contribution in [3.05, 3.63) is 22.9 Å². The third-order valence-corrected chi connectivity index (χ3v) is 5.96. The second kappa shape index (κ2) is 9.62. The summed E-state index contributed by atoms with van der Waals surface area (Å²) in [5.41, 5.74) is 5.75. The summed E-state index contributed by atoms with van der Waals surface area (Å²) >= 11 is 1.26. The van der Waals surface area contributed by atoms with E-state index >= 15 is 0 Å². The van der Waals surface area contributed by atoms with Crippen molar-refractivity contribution in [2.45, 2.75) is 36.6 Å². The van der Waals surface area contributed by atoms with Gasteiger partial charge in [0.05, 0.1) is 0 Å². The number of allylic oxidation sites excluding steroid dienone is 1. The topological polar surface area (TPSA) is 141 Å². The molecular weight excluding hydrogens is 488 g/mol. The van der Waals surface area contributed by atoms with Gasteiger partial charge >= 0.3 is 24.3 Å². The van der Waals surface area contributed by atoms with E-state index in [0.717, 1.165) is 4.90 Å². The van der Waals surface area contributed by atoms with Crippen LogP contribution in [0.1, 0.15) is 12.8 Å². The molecule has 0 radical (unpaired) electrons. The number of thioether (sulfide) groups is 1. The maximum absolute atomic E-state index is 12.6. The molecule has 0 bridgehead atoms. The number of β-lactam (4-membered cyclic amide) rings is 1. The lowest BCUT2D eigenvalue weighted by atomic mass is 9.98. The van der Waals surface area contributed by atoms with Crippen molar-refractivity contribution in [1.29, 1.82) is 0 Å². The Morgan fingerprint density at radius 3 is 2.21 bits per heavy atom. The summed E-state index contributed by atoms with van der Waals surface area (Å²) < 4.78 is 69.5. The summed E-state index contributed by atoms with van der Waals surface area (Å²) in [6, 6.07) is -0.776. The zero-order valence-electron chi connectivity index (χ0n) is 16.4. The molecule has 2 atom stereocenters. The molecule has 2 saturated heterocycles. The van der Waals surface area contributed by atoms with Gasteiger partial charge in [0.25, 0.3) is 0 Å². The molecule has 16 heteroatoms. The average molecular weight is 505 g/mol. The summed E-state index contributed by atoms with van der Waals surface area (Å²) in [6.07, 6.45) is -7.66. The highest BCUT2D eigenvalue weighted by molar-refractivity contribution is 8.00. The molecule has 0 saturated carbocycles. The first-order valence-corrected chi connectivity index (χ1v) is 10.1. The smallest absolute Gasteiger partial charge is 0.477 e. The Morgan fingerprint density at radius 1 is 1.15 bits per heavy atom. The van der Waals surface area contributed by atoms with Crippen molar-refractivity contribution in [1.82, 2.24) is 9.80 Å². The van der Waals surface area contributed by atoms with E-state index in [9.17, 15) is 45.8 Å². The zero-order valence-corrected chi connectivity index (χ0v) is 17.3. The van der Waals surface area contributed by atoms with Gasteiger partial charge in [0.2, 0.25) is 11.8 Å². The maximum Gasteiger partial charge on any atom is 0.490 e. The number of fused-ring (bicyclic) bond motifs is 1. The van der Waals surface area contributed by atoms with Crippen molar-refractivity contribution in [3.8, 4) is 0 Å².